The maximum Gasteiger partial charge on any atom is 0.309 e. The van der Waals surface area contributed by atoms with Crippen LogP contribution in [-0.4, -0.2) is 81.7 Å². The van der Waals surface area contributed by atoms with Gasteiger partial charge in [-0.15, -0.1) is 0 Å². The van der Waals surface area contributed by atoms with Crippen molar-refractivity contribution in [3.05, 3.63) is 0 Å². The fraction of sp³-hybridized carbons (Fsp3) is 0.875. The first-order valence-corrected chi connectivity index (χ1v) is 20.3. The molecule has 0 aromatic carbocycles. The molecule has 4 rings (SSSR count). The molecule has 3 aliphatic carbocycles. The highest BCUT2D eigenvalue weighted by molar-refractivity contribution is 8.15. The average Bonchev–Trinajstić information content (AvgIpc) is 3.01. The topological polar surface area (TPSA) is 86.7 Å². The van der Waals surface area contributed by atoms with E-state index in [0.717, 1.165) is 88.1 Å². The second kappa shape index (κ2) is 19.4. The molecular formula is C32H58O6S4. The van der Waals surface area contributed by atoms with E-state index in [-0.39, 0.29) is 45.8 Å². The van der Waals surface area contributed by atoms with Gasteiger partial charge in [-0.05, 0) is 97.2 Å². The van der Waals surface area contributed by atoms with Crippen LogP contribution in [0.5, 0.6) is 0 Å². The molecule has 2 atom stereocenters. The number of Topliss-reactive ketones (excluding diaryl/α,β-unsaturated/α-hetero) is 2. The number of esters is 1. The quantitative estimate of drug-likeness (QED) is 0.215. The molecule has 42 heavy (non-hydrogen) atoms. The van der Waals surface area contributed by atoms with Gasteiger partial charge in [0.05, 0.1) is 12.0 Å². The van der Waals surface area contributed by atoms with Gasteiger partial charge in [0.1, 0.15) is 17.7 Å². The lowest BCUT2D eigenvalue weighted by Gasteiger charge is -2.30. The summed E-state index contributed by atoms with van der Waals surface area (Å²) in [4.78, 5) is 47.2. The zero-order chi connectivity index (χ0) is 30.5. The van der Waals surface area contributed by atoms with E-state index in [1.807, 2.05) is 11.8 Å². The molecule has 0 aromatic heterocycles. The molecule has 6 nitrogen and oxygen atoms in total. The van der Waals surface area contributed by atoms with Crippen molar-refractivity contribution in [1.29, 1.82) is 0 Å². The number of ether oxygens (including phenoxy) is 2. The van der Waals surface area contributed by atoms with Crippen LogP contribution in [-0.2, 0) is 28.7 Å². The average molecular weight is 667 g/mol. The van der Waals surface area contributed by atoms with E-state index in [1.54, 1.807) is 32.7 Å². The molecule has 3 saturated carbocycles. The standard InChI is InChI=1S/C16H26O4.C16H26O2S4.3H2/c1-11(17)12-3-5-13(6-4-12)16(18)20-15-9-7-14(19-2)8-10-15;1-11(17)12-3-5-13(6-4-12)16(18)22-10-15-9-20-14(7-19-2)8-21-15;;;/h12-15H,3-10H2,1-2H3;12-15H,3-10H2,1-2H3;3*1H. The summed E-state index contributed by atoms with van der Waals surface area (Å²) in [5.74, 6) is 5.73. The van der Waals surface area contributed by atoms with Gasteiger partial charge < -0.3 is 9.47 Å². The highest BCUT2D eigenvalue weighted by Gasteiger charge is 2.32. The van der Waals surface area contributed by atoms with Gasteiger partial charge in [-0.3, -0.25) is 19.2 Å². The highest BCUT2D eigenvalue weighted by atomic mass is 32.2. The van der Waals surface area contributed by atoms with Crippen molar-refractivity contribution >= 4 is 69.7 Å². The Morgan fingerprint density at radius 1 is 0.667 bits per heavy atom. The first kappa shape index (κ1) is 36.3. The third-order valence-corrected chi connectivity index (χ3v) is 14.9. The van der Waals surface area contributed by atoms with Crippen LogP contribution in [0.15, 0.2) is 0 Å². The fourth-order valence-corrected chi connectivity index (χ4v) is 11.9. The number of hydrogen-bond acceptors (Lipinski definition) is 10. The maximum atomic E-state index is 12.3. The zero-order valence-electron chi connectivity index (χ0n) is 26.0. The SMILES string of the molecule is COC1CCC(OC(=O)C2CCC(C(C)=O)CC2)CC1.CSCC1CSC(CSC(=O)C2CCC(C(C)=O)CC2)CS1.[HH].[HH].[HH]. The maximum absolute atomic E-state index is 12.3. The molecule has 0 spiro atoms. The predicted octanol–water partition coefficient (Wildman–Crippen LogP) is 7.84. The highest BCUT2D eigenvalue weighted by Crippen LogP contribution is 2.36. The van der Waals surface area contributed by atoms with Crippen LogP contribution in [0.1, 0.15) is 95.2 Å². The first-order chi connectivity index (χ1) is 20.2. The second-order valence-electron chi connectivity index (χ2n) is 12.4. The van der Waals surface area contributed by atoms with E-state index in [9.17, 15) is 19.2 Å². The minimum Gasteiger partial charge on any atom is -0.462 e. The molecule has 1 saturated heterocycles. The predicted molar refractivity (Wildman–Crippen MR) is 186 cm³/mol. The molecule has 10 heteroatoms. The molecule has 246 valence electrons. The summed E-state index contributed by atoms with van der Waals surface area (Å²) >= 11 is 7.62. The van der Waals surface area contributed by atoms with Crippen molar-refractivity contribution in [2.75, 3.05) is 36.4 Å². The molecule has 0 bridgehead atoms. The molecule has 0 amide bonds. The van der Waals surface area contributed by atoms with Crippen molar-refractivity contribution in [3.8, 4) is 0 Å². The van der Waals surface area contributed by atoms with Crippen molar-refractivity contribution < 1.29 is 32.9 Å². The number of carbonyl (C=O) groups excluding carboxylic acids is 4. The molecule has 4 fully saturated rings. The number of ketones is 2. The van der Waals surface area contributed by atoms with Crippen molar-refractivity contribution in [1.82, 2.24) is 0 Å². The third kappa shape index (κ3) is 12.3. The van der Waals surface area contributed by atoms with Crippen LogP contribution in [0.3, 0.4) is 0 Å². The van der Waals surface area contributed by atoms with E-state index in [2.05, 4.69) is 29.8 Å². The summed E-state index contributed by atoms with van der Waals surface area (Å²) in [5.41, 5.74) is 0. The van der Waals surface area contributed by atoms with Crippen molar-refractivity contribution in [3.63, 3.8) is 0 Å². The number of methoxy groups -OCH3 is 1. The molecule has 2 unspecified atom stereocenters. The molecule has 0 aromatic rings. The fourth-order valence-electron chi connectivity index (χ4n) is 6.37. The van der Waals surface area contributed by atoms with Crippen molar-refractivity contribution in [2.45, 2.75) is 114 Å². The van der Waals surface area contributed by atoms with Crippen LogP contribution in [0.4, 0.5) is 0 Å². The minimum atomic E-state index is -0.0483. The van der Waals surface area contributed by atoms with E-state index >= 15 is 0 Å². The van der Waals surface area contributed by atoms with Crippen LogP contribution in [0.2, 0.25) is 0 Å². The van der Waals surface area contributed by atoms with Gasteiger partial charge >= 0.3 is 5.97 Å². The van der Waals surface area contributed by atoms with E-state index in [4.69, 9.17) is 9.47 Å². The van der Waals surface area contributed by atoms with Crippen LogP contribution in [0.25, 0.3) is 0 Å². The Balaban J connectivity index is 0.000000810. The molecular weight excluding hydrogens is 609 g/mol. The first-order valence-electron chi connectivity index (χ1n) is 15.8. The van der Waals surface area contributed by atoms with Crippen LogP contribution < -0.4 is 0 Å². The lowest BCUT2D eigenvalue weighted by atomic mass is 9.80. The Bertz CT molecular complexity index is 869. The van der Waals surface area contributed by atoms with Gasteiger partial charge in [0, 0.05) is 62.7 Å². The molecule has 4 aliphatic rings. The van der Waals surface area contributed by atoms with Crippen LogP contribution >= 0.6 is 47.0 Å². The van der Waals surface area contributed by atoms with E-state index in [0.29, 0.717) is 22.3 Å². The Labute approximate surface area is 275 Å². The summed E-state index contributed by atoms with van der Waals surface area (Å²) in [5, 5.41) is 1.79. The molecule has 0 N–H and O–H groups in total. The number of hydrogen-bond donors (Lipinski definition) is 0. The number of rotatable bonds is 10. The Hall–Kier alpha value is -0.160. The van der Waals surface area contributed by atoms with Gasteiger partial charge in [0.15, 0.2) is 5.12 Å². The van der Waals surface area contributed by atoms with Gasteiger partial charge in [-0.1, -0.05) is 11.8 Å². The summed E-state index contributed by atoms with van der Waals surface area (Å²) in [7, 11) is 1.74. The van der Waals surface area contributed by atoms with Gasteiger partial charge in [0.25, 0.3) is 0 Å². The van der Waals surface area contributed by atoms with Gasteiger partial charge in [0.2, 0.25) is 0 Å². The minimum absolute atomic E-state index is 0. The van der Waals surface area contributed by atoms with E-state index < -0.39 is 0 Å². The Morgan fingerprint density at radius 3 is 1.57 bits per heavy atom. The smallest absolute Gasteiger partial charge is 0.309 e. The normalized spacial score (nSPS) is 33.5. The molecule has 1 heterocycles. The molecule has 0 radical (unpaired) electrons. The van der Waals surface area contributed by atoms with Gasteiger partial charge in [-0.2, -0.15) is 35.3 Å². The van der Waals surface area contributed by atoms with Crippen LogP contribution in [0, 0.1) is 23.7 Å². The zero-order valence-corrected chi connectivity index (χ0v) is 29.3. The van der Waals surface area contributed by atoms with Gasteiger partial charge in [-0.25, -0.2) is 0 Å². The Kier molecular flexibility index (Phi) is 16.8. The molecule has 1 aliphatic heterocycles. The second-order valence-corrected chi connectivity index (χ2v) is 17.0. The number of carbonyl (C=O) groups is 4. The largest absolute Gasteiger partial charge is 0.462 e. The lowest BCUT2D eigenvalue weighted by Crippen LogP contribution is -2.32. The summed E-state index contributed by atoms with van der Waals surface area (Å²) in [6.45, 7) is 3.33. The number of thioether (sulfide) groups is 4. The van der Waals surface area contributed by atoms with Crippen molar-refractivity contribution in [2.24, 2.45) is 23.7 Å². The Morgan fingerprint density at radius 2 is 1.12 bits per heavy atom. The summed E-state index contributed by atoms with van der Waals surface area (Å²) in [6.07, 6.45) is 13.3. The summed E-state index contributed by atoms with van der Waals surface area (Å²) in [6, 6.07) is 0. The van der Waals surface area contributed by atoms with E-state index in [1.165, 1.54) is 17.3 Å². The lowest BCUT2D eigenvalue weighted by molar-refractivity contribution is -0.158. The third-order valence-electron chi connectivity index (χ3n) is 9.31. The summed E-state index contributed by atoms with van der Waals surface area (Å²) < 4.78 is 11.0. The monoisotopic (exact) mass is 666 g/mol.